The number of aromatic nitrogens is 2. The maximum atomic E-state index is 12.8. The molecular weight excluding hydrogens is 573 g/mol. The zero-order valence-corrected chi connectivity index (χ0v) is 27.3. The van der Waals surface area contributed by atoms with E-state index in [1.165, 1.54) is 11.9 Å². The van der Waals surface area contributed by atoms with Crippen molar-refractivity contribution >= 4 is 47.4 Å². The summed E-state index contributed by atoms with van der Waals surface area (Å²) >= 11 is 0. The van der Waals surface area contributed by atoms with Gasteiger partial charge in [-0.3, -0.25) is 0 Å². The molecule has 2 heterocycles. The number of aryl methyl sites for hydroxylation is 1. The average molecular weight is 616 g/mol. The molecule has 3 N–H and O–H groups in total. The molecule has 5 rings (SSSR count). The number of amides is 1. The third-order valence-electron chi connectivity index (χ3n) is 8.34. The predicted octanol–water partition coefficient (Wildman–Crippen LogP) is 6.67. The van der Waals surface area contributed by atoms with Crippen LogP contribution >= 0.6 is 7.14 Å². The normalized spacial score (nSPS) is 16.5. The molecular formula is C33H42N7O3P. The number of benzene rings is 2. The van der Waals surface area contributed by atoms with Gasteiger partial charge in [-0.25, -0.2) is 9.78 Å². The number of nitrogens with one attached hydrogen (secondary N) is 3. The molecule has 232 valence electrons. The standard InChI is InChI=1S/C33H42N7O3P/c1-22-17-24(36-30-35-21-23(20-34)29(39-30)38-26-9-7-8-10-28(26)44(5,6)42)11-12-27(22)40-15-13-33(14-16-40)18-25(19-33)37-31(41)43-32(2,3)4/h7-12,17,21,25H,13-16,18-19H2,1-6H3,(H,37,41)(H2,35,36,38,39). The fourth-order valence-electron chi connectivity index (χ4n) is 6.20. The molecule has 0 radical (unpaired) electrons. The van der Waals surface area contributed by atoms with E-state index in [0.717, 1.165) is 50.0 Å². The number of nitriles is 1. The number of nitrogens with zero attached hydrogens (tertiary/aromatic N) is 4. The van der Waals surface area contributed by atoms with Gasteiger partial charge in [-0.15, -0.1) is 0 Å². The van der Waals surface area contributed by atoms with Gasteiger partial charge in [0.15, 0.2) is 5.82 Å². The maximum absolute atomic E-state index is 12.8. The minimum atomic E-state index is -2.55. The lowest BCUT2D eigenvalue weighted by molar-refractivity contribution is 0.0234. The number of carbonyl (C=O) groups is 1. The fourth-order valence-corrected chi connectivity index (χ4v) is 7.36. The Morgan fingerprint density at radius 1 is 1.11 bits per heavy atom. The van der Waals surface area contributed by atoms with Crippen LogP contribution in [-0.2, 0) is 9.30 Å². The number of piperidine rings is 1. The van der Waals surface area contributed by atoms with Gasteiger partial charge < -0.3 is 30.2 Å². The minimum Gasteiger partial charge on any atom is -0.444 e. The summed E-state index contributed by atoms with van der Waals surface area (Å²) in [6, 6.07) is 15.9. The Kier molecular flexibility index (Phi) is 8.64. The molecule has 1 aromatic heterocycles. The molecule has 1 spiro atoms. The summed E-state index contributed by atoms with van der Waals surface area (Å²) in [7, 11) is -2.55. The second kappa shape index (κ2) is 12.1. The first kappa shape index (κ1) is 31.3. The van der Waals surface area contributed by atoms with Crippen molar-refractivity contribution < 1.29 is 14.1 Å². The fraction of sp³-hybridized carbons (Fsp3) is 0.455. The lowest BCUT2D eigenvalue weighted by atomic mass is 9.60. The van der Waals surface area contributed by atoms with Crippen LogP contribution in [0.3, 0.4) is 0 Å². The van der Waals surface area contributed by atoms with Crippen LogP contribution in [0, 0.1) is 23.7 Å². The monoisotopic (exact) mass is 615 g/mol. The van der Waals surface area contributed by atoms with Gasteiger partial charge in [-0.2, -0.15) is 10.2 Å². The van der Waals surface area contributed by atoms with Gasteiger partial charge in [0.05, 0.1) is 11.9 Å². The van der Waals surface area contributed by atoms with Crippen molar-refractivity contribution in [2.75, 3.05) is 42.0 Å². The molecule has 1 amide bonds. The van der Waals surface area contributed by atoms with Crippen LogP contribution in [-0.4, -0.2) is 54.1 Å². The Morgan fingerprint density at radius 2 is 1.82 bits per heavy atom. The van der Waals surface area contributed by atoms with Gasteiger partial charge in [-0.05, 0) is 108 Å². The van der Waals surface area contributed by atoms with Gasteiger partial charge in [-0.1, -0.05) is 12.1 Å². The summed E-state index contributed by atoms with van der Waals surface area (Å²) in [6.07, 6.45) is 5.37. The Balaban J connectivity index is 1.20. The first-order valence-electron chi connectivity index (χ1n) is 15.0. The van der Waals surface area contributed by atoms with Crippen LogP contribution in [0.5, 0.6) is 0 Å². The Bertz CT molecular complexity index is 1620. The maximum Gasteiger partial charge on any atom is 0.407 e. The van der Waals surface area contributed by atoms with Gasteiger partial charge in [0, 0.05) is 35.8 Å². The van der Waals surface area contributed by atoms with Crippen LogP contribution in [0.15, 0.2) is 48.7 Å². The zero-order chi connectivity index (χ0) is 31.7. The molecule has 1 saturated carbocycles. The van der Waals surface area contributed by atoms with Crippen LogP contribution in [0.25, 0.3) is 0 Å². The molecule has 1 aliphatic carbocycles. The highest BCUT2D eigenvalue weighted by molar-refractivity contribution is 7.70. The molecule has 2 aromatic carbocycles. The predicted molar refractivity (Wildman–Crippen MR) is 176 cm³/mol. The lowest BCUT2D eigenvalue weighted by Gasteiger charge is -2.52. The molecule has 3 aromatic rings. The molecule has 1 saturated heterocycles. The summed E-state index contributed by atoms with van der Waals surface area (Å²) in [5.41, 5.74) is 3.96. The van der Waals surface area contributed by atoms with E-state index in [4.69, 9.17) is 4.74 Å². The van der Waals surface area contributed by atoms with Gasteiger partial charge in [0.1, 0.15) is 24.4 Å². The quantitative estimate of drug-likeness (QED) is 0.249. The Morgan fingerprint density at radius 3 is 2.45 bits per heavy atom. The van der Waals surface area contributed by atoms with E-state index in [1.807, 2.05) is 51.1 Å². The van der Waals surface area contributed by atoms with Gasteiger partial charge in [0.2, 0.25) is 5.95 Å². The summed E-state index contributed by atoms with van der Waals surface area (Å²) in [5, 5.41) is 19.9. The molecule has 44 heavy (non-hydrogen) atoms. The lowest BCUT2D eigenvalue weighted by Crippen LogP contribution is -2.55. The zero-order valence-electron chi connectivity index (χ0n) is 26.4. The third kappa shape index (κ3) is 7.34. The number of carbonyl (C=O) groups excluding carboxylic acids is 1. The van der Waals surface area contributed by atoms with E-state index in [0.29, 0.717) is 33.7 Å². The van der Waals surface area contributed by atoms with Crippen molar-refractivity contribution in [1.29, 1.82) is 5.26 Å². The van der Waals surface area contributed by atoms with Crippen molar-refractivity contribution in [2.45, 2.75) is 65.0 Å². The van der Waals surface area contributed by atoms with Crippen molar-refractivity contribution in [1.82, 2.24) is 15.3 Å². The molecule has 2 fully saturated rings. The van der Waals surface area contributed by atoms with E-state index in [1.54, 1.807) is 13.3 Å². The summed E-state index contributed by atoms with van der Waals surface area (Å²) in [6.45, 7) is 13.1. The third-order valence-corrected chi connectivity index (χ3v) is 9.89. The second-order valence-corrected chi connectivity index (χ2v) is 16.6. The van der Waals surface area contributed by atoms with Crippen molar-refractivity contribution in [2.24, 2.45) is 5.41 Å². The number of hydrogen-bond acceptors (Lipinski definition) is 9. The van der Waals surface area contributed by atoms with Gasteiger partial charge in [0.25, 0.3) is 0 Å². The van der Waals surface area contributed by atoms with Crippen molar-refractivity contribution in [3.05, 3.63) is 59.8 Å². The first-order chi connectivity index (χ1) is 20.7. The van der Waals surface area contributed by atoms with Crippen molar-refractivity contribution in [3.63, 3.8) is 0 Å². The van der Waals surface area contributed by atoms with Crippen molar-refractivity contribution in [3.8, 4) is 6.07 Å². The number of alkyl carbamates (subject to hydrolysis) is 1. The molecule has 10 nitrogen and oxygen atoms in total. The largest absolute Gasteiger partial charge is 0.444 e. The molecule has 11 heteroatoms. The van der Waals surface area contributed by atoms with Crippen LogP contribution in [0.4, 0.5) is 33.6 Å². The topological polar surface area (TPSA) is 132 Å². The molecule has 2 aliphatic rings. The van der Waals surface area contributed by atoms with E-state index < -0.39 is 12.7 Å². The number of anilines is 5. The van der Waals surface area contributed by atoms with Crippen LogP contribution in [0.1, 0.15) is 57.6 Å². The summed E-state index contributed by atoms with van der Waals surface area (Å²) in [4.78, 5) is 23.5. The van der Waals surface area contributed by atoms with E-state index in [-0.39, 0.29) is 12.1 Å². The highest BCUT2D eigenvalue weighted by atomic mass is 31.2. The Labute approximate surface area is 260 Å². The number of hydrogen-bond donors (Lipinski definition) is 3. The molecule has 1 aliphatic heterocycles. The second-order valence-electron chi connectivity index (χ2n) is 13.4. The molecule has 0 atom stereocenters. The first-order valence-corrected chi connectivity index (χ1v) is 17.6. The summed E-state index contributed by atoms with van der Waals surface area (Å²) < 4.78 is 18.2. The average Bonchev–Trinajstić information content (AvgIpc) is 2.92. The minimum absolute atomic E-state index is 0.193. The van der Waals surface area contributed by atoms with E-state index in [2.05, 4.69) is 55.9 Å². The summed E-state index contributed by atoms with van der Waals surface area (Å²) in [5.74, 6) is 0.702. The van der Waals surface area contributed by atoms with Gasteiger partial charge >= 0.3 is 6.09 Å². The molecule has 0 bridgehead atoms. The van der Waals surface area contributed by atoms with E-state index >= 15 is 0 Å². The number of ether oxygens (including phenoxy) is 1. The number of rotatable bonds is 7. The van der Waals surface area contributed by atoms with Crippen LogP contribution in [0.2, 0.25) is 0 Å². The molecule has 0 unspecified atom stereocenters. The van der Waals surface area contributed by atoms with E-state index in [9.17, 15) is 14.6 Å². The van der Waals surface area contributed by atoms with Crippen LogP contribution < -0.4 is 26.2 Å². The highest BCUT2D eigenvalue weighted by Gasteiger charge is 2.46. The number of para-hydroxylation sites is 1. The SMILES string of the molecule is Cc1cc(Nc2ncc(C#N)c(Nc3ccccc3P(C)(C)=O)n2)ccc1N1CCC2(CC1)CC(NC(=O)OC(C)(C)C)C2. The Hall–Kier alpha value is -4.09. The smallest absolute Gasteiger partial charge is 0.407 e. The highest BCUT2D eigenvalue weighted by Crippen LogP contribution is 2.50.